The summed E-state index contributed by atoms with van der Waals surface area (Å²) in [5.74, 6) is -0.0176. The van der Waals surface area contributed by atoms with Gasteiger partial charge in [-0.05, 0) is 23.3 Å². The second-order valence-corrected chi connectivity index (χ2v) is 7.27. The van der Waals surface area contributed by atoms with Crippen LogP contribution < -0.4 is 9.47 Å². The van der Waals surface area contributed by atoms with Crippen LogP contribution in [-0.2, 0) is 26.3 Å². The summed E-state index contributed by atoms with van der Waals surface area (Å²) in [7, 11) is 4.52. The van der Waals surface area contributed by atoms with Crippen LogP contribution in [0.5, 0.6) is 11.5 Å². The van der Waals surface area contributed by atoms with Gasteiger partial charge in [-0.1, -0.05) is 36.4 Å². The molecule has 1 saturated heterocycles. The molecule has 2 fully saturated rings. The summed E-state index contributed by atoms with van der Waals surface area (Å²) in [6.07, 6.45) is 0. The van der Waals surface area contributed by atoms with E-state index in [0.717, 1.165) is 11.1 Å². The van der Waals surface area contributed by atoms with Crippen LogP contribution in [-0.4, -0.2) is 44.7 Å². The third-order valence-corrected chi connectivity index (χ3v) is 5.96. The minimum Gasteiger partial charge on any atom is -0.493 e. The van der Waals surface area contributed by atoms with Crippen molar-refractivity contribution in [2.75, 3.05) is 27.9 Å². The summed E-state index contributed by atoms with van der Waals surface area (Å²) in [6.45, 7) is 1.000. The van der Waals surface area contributed by atoms with Crippen LogP contribution in [0.1, 0.15) is 11.1 Å². The Hall–Kier alpha value is -3.02. The molecule has 4 rings (SSSR count). The van der Waals surface area contributed by atoms with Crippen LogP contribution in [0, 0.1) is 11.8 Å². The Morgan fingerprint density at radius 3 is 2.43 bits per heavy atom. The van der Waals surface area contributed by atoms with Crippen molar-refractivity contribution in [3.8, 4) is 11.5 Å². The maximum absolute atomic E-state index is 13.1. The van der Waals surface area contributed by atoms with Crippen molar-refractivity contribution in [2.45, 2.75) is 12.0 Å². The molecule has 1 aliphatic heterocycles. The van der Waals surface area contributed by atoms with Crippen LogP contribution in [0.4, 0.5) is 0 Å². The largest absolute Gasteiger partial charge is 0.493 e. The van der Waals surface area contributed by atoms with E-state index in [1.165, 1.54) is 7.11 Å². The number of benzene rings is 2. The number of methoxy groups -OCH3 is 3. The maximum atomic E-state index is 13.1. The summed E-state index contributed by atoms with van der Waals surface area (Å²) in [6, 6.07) is 15.5. The van der Waals surface area contributed by atoms with E-state index in [1.807, 2.05) is 53.4 Å². The van der Waals surface area contributed by atoms with Crippen molar-refractivity contribution in [1.82, 2.24) is 4.90 Å². The van der Waals surface area contributed by atoms with Gasteiger partial charge in [0.1, 0.15) is 0 Å². The van der Waals surface area contributed by atoms with Crippen molar-refractivity contribution in [2.24, 2.45) is 11.8 Å². The van der Waals surface area contributed by atoms with E-state index in [2.05, 4.69) is 0 Å². The van der Waals surface area contributed by atoms with Gasteiger partial charge in [0.05, 0.1) is 33.2 Å². The Labute approximate surface area is 164 Å². The van der Waals surface area contributed by atoms with E-state index in [1.54, 1.807) is 14.2 Å². The standard InChI is InChI=1S/C22H23NO5/c1-26-16-10-9-15(11-17(16)27-2)22-13-23(12-14-7-5-4-6-8-14)20(24)18(22)19(22)21(25)28-3/h4-11,18-19H,12-13H2,1-3H3/t18-,19-,22-/m0/s1. The molecule has 28 heavy (non-hydrogen) atoms. The van der Waals surface area contributed by atoms with Gasteiger partial charge in [0.15, 0.2) is 11.5 Å². The molecule has 3 atom stereocenters. The van der Waals surface area contributed by atoms with Gasteiger partial charge in [-0.3, -0.25) is 9.59 Å². The Morgan fingerprint density at radius 2 is 1.79 bits per heavy atom. The topological polar surface area (TPSA) is 65.1 Å². The van der Waals surface area contributed by atoms with Gasteiger partial charge >= 0.3 is 5.97 Å². The lowest BCUT2D eigenvalue weighted by Crippen LogP contribution is -2.34. The smallest absolute Gasteiger partial charge is 0.310 e. The van der Waals surface area contributed by atoms with Gasteiger partial charge in [-0.2, -0.15) is 0 Å². The number of carbonyl (C=O) groups is 2. The van der Waals surface area contributed by atoms with Crippen LogP contribution in [0.2, 0.25) is 0 Å². The molecule has 0 N–H and O–H groups in total. The second-order valence-electron chi connectivity index (χ2n) is 7.27. The van der Waals surface area contributed by atoms with Gasteiger partial charge in [0.25, 0.3) is 0 Å². The molecule has 0 aromatic heterocycles. The van der Waals surface area contributed by atoms with Crippen LogP contribution in [0.3, 0.4) is 0 Å². The van der Waals surface area contributed by atoms with Crippen molar-refractivity contribution in [1.29, 1.82) is 0 Å². The number of esters is 1. The first-order chi connectivity index (χ1) is 13.6. The summed E-state index contributed by atoms with van der Waals surface area (Å²) in [5.41, 5.74) is 1.38. The minimum absolute atomic E-state index is 0.00552. The Morgan fingerprint density at radius 1 is 1.07 bits per heavy atom. The van der Waals surface area contributed by atoms with Crippen molar-refractivity contribution < 1.29 is 23.8 Å². The fourth-order valence-corrected chi connectivity index (χ4v) is 4.58. The average Bonchev–Trinajstić information content (AvgIpc) is 3.32. The molecule has 0 unspecified atom stereocenters. The molecule has 2 aromatic carbocycles. The monoisotopic (exact) mass is 381 g/mol. The van der Waals surface area contributed by atoms with Crippen LogP contribution in [0.15, 0.2) is 48.5 Å². The molecule has 2 aromatic rings. The number of piperidine rings is 1. The zero-order valence-corrected chi connectivity index (χ0v) is 16.2. The molecule has 2 aliphatic rings. The first kappa shape index (κ1) is 18.3. The first-order valence-corrected chi connectivity index (χ1v) is 9.20. The normalized spacial score (nSPS) is 25.2. The number of ether oxygens (including phenoxy) is 3. The van der Waals surface area contributed by atoms with Gasteiger partial charge in [-0.15, -0.1) is 0 Å². The van der Waals surface area contributed by atoms with Crippen LogP contribution in [0.25, 0.3) is 0 Å². The quantitative estimate of drug-likeness (QED) is 0.719. The summed E-state index contributed by atoms with van der Waals surface area (Å²) < 4.78 is 15.7. The second kappa shape index (κ2) is 6.86. The summed E-state index contributed by atoms with van der Waals surface area (Å²) in [5, 5.41) is 0. The molecule has 1 saturated carbocycles. The van der Waals surface area contributed by atoms with Gasteiger partial charge < -0.3 is 19.1 Å². The zero-order valence-electron chi connectivity index (χ0n) is 16.2. The Bertz CT molecular complexity index is 912. The molecule has 0 radical (unpaired) electrons. The Balaban J connectivity index is 1.69. The lowest BCUT2D eigenvalue weighted by Gasteiger charge is -2.24. The SMILES string of the molecule is COC(=O)[C@@H]1[C@H]2C(=O)N(Cc3ccccc3)C[C@@]12c1ccc(OC)c(OC)c1. The first-order valence-electron chi connectivity index (χ1n) is 9.20. The number of hydrogen-bond acceptors (Lipinski definition) is 5. The van der Waals surface area contributed by atoms with Crippen molar-refractivity contribution in [3.63, 3.8) is 0 Å². The third kappa shape index (κ3) is 2.63. The molecule has 0 bridgehead atoms. The van der Waals surface area contributed by atoms with Crippen molar-refractivity contribution >= 4 is 11.9 Å². The third-order valence-electron chi connectivity index (χ3n) is 5.96. The predicted octanol–water partition coefficient (Wildman–Crippen LogP) is 2.40. The number of likely N-dealkylation sites (tertiary alicyclic amines) is 1. The maximum Gasteiger partial charge on any atom is 0.310 e. The van der Waals surface area contributed by atoms with E-state index in [9.17, 15) is 9.59 Å². The summed E-state index contributed by atoms with van der Waals surface area (Å²) >= 11 is 0. The van der Waals surface area contributed by atoms with Crippen LogP contribution >= 0.6 is 0 Å². The predicted molar refractivity (Wildman–Crippen MR) is 102 cm³/mol. The highest BCUT2D eigenvalue weighted by atomic mass is 16.5. The molecular formula is C22H23NO5. The number of rotatable bonds is 6. The molecular weight excluding hydrogens is 358 g/mol. The zero-order chi connectivity index (χ0) is 19.9. The summed E-state index contributed by atoms with van der Waals surface area (Å²) in [4.78, 5) is 27.3. The average molecular weight is 381 g/mol. The highest BCUT2D eigenvalue weighted by Gasteiger charge is 2.77. The molecule has 0 spiro atoms. The number of fused-ring (bicyclic) bond motifs is 1. The number of amides is 1. The molecule has 6 heteroatoms. The van der Waals surface area contributed by atoms with E-state index in [0.29, 0.717) is 24.6 Å². The lowest BCUT2D eigenvalue weighted by atomic mass is 9.92. The van der Waals surface area contributed by atoms with Gasteiger partial charge in [0.2, 0.25) is 5.91 Å². The number of hydrogen-bond donors (Lipinski definition) is 0. The molecule has 1 amide bonds. The fourth-order valence-electron chi connectivity index (χ4n) is 4.58. The lowest BCUT2D eigenvalue weighted by molar-refractivity contribution is -0.146. The van der Waals surface area contributed by atoms with Crippen molar-refractivity contribution in [3.05, 3.63) is 59.7 Å². The Kier molecular flexibility index (Phi) is 4.49. The van der Waals surface area contributed by atoms with E-state index < -0.39 is 17.3 Å². The highest BCUT2D eigenvalue weighted by Crippen LogP contribution is 2.65. The number of nitrogens with zero attached hydrogens (tertiary/aromatic N) is 1. The molecule has 1 aliphatic carbocycles. The van der Waals surface area contributed by atoms with Gasteiger partial charge in [0, 0.05) is 18.5 Å². The molecule has 6 nitrogen and oxygen atoms in total. The van der Waals surface area contributed by atoms with Gasteiger partial charge in [-0.25, -0.2) is 0 Å². The van der Waals surface area contributed by atoms with E-state index in [4.69, 9.17) is 14.2 Å². The number of carbonyl (C=O) groups excluding carboxylic acids is 2. The molecule has 1 heterocycles. The minimum atomic E-state index is -0.585. The fraction of sp³-hybridized carbons (Fsp3) is 0.364. The van der Waals surface area contributed by atoms with E-state index >= 15 is 0 Å². The highest BCUT2D eigenvalue weighted by molar-refractivity contribution is 5.98. The van der Waals surface area contributed by atoms with E-state index in [-0.39, 0.29) is 11.9 Å². The molecule has 146 valence electrons.